The second-order valence-corrected chi connectivity index (χ2v) is 9.50. The summed E-state index contributed by atoms with van der Waals surface area (Å²) in [7, 11) is 0. The highest BCUT2D eigenvalue weighted by molar-refractivity contribution is 5.94. The van der Waals surface area contributed by atoms with Crippen LogP contribution in [0.3, 0.4) is 0 Å². The van der Waals surface area contributed by atoms with Gasteiger partial charge in [0.15, 0.2) is 0 Å². The van der Waals surface area contributed by atoms with Crippen LogP contribution in [0, 0.1) is 5.92 Å². The Morgan fingerprint density at radius 3 is 1.84 bits per heavy atom. The monoisotopic (exact) mass is 528 g/mol. The number of rotatable bonds is 14. The molecule has 0 heterocycles. The van der Waals surface area contributed by atoms with Crippen LogP contribution in [-0.2, 0) is 32.0 Å². The predicted molar refractivity (Wildman–Crippen MR) is 140 cm³/mol. The molecule has 0 aromatic heterocycles. The van der Waals surface area contributed by atoms with E-state index in [0.29, 0.717) is 5.56 Å². The highest BCUT2D eigenvalue weighted by Crippen LogP contribution is 2.13. The number of carboxylic acid groups (broad SMARTS) is 1. The van der Waals surface area contributed by atoms with Crippen LogP contribution in [0.1, 0.15) is 31.4 Å². The van der Waals surface area contributed by atoms with Crippen LogP contribution in [0.5, 0.6) is 5.75 Å². The van der Waals surface area contributed by atoms with Gasteiger partial charge in [0.2, 0.25) is 17.7 Å². The predicted octanol–water partition coefficient (Wildman–Crippen LogP) is 0.0821. The summed E-state index contributed by atoms with van der Waals surface area (Å²) in [6.45, 7) is 2.90. The fourth-order valence-corrected chi connectivity index (χ4v) is 3.75. The summed E-state index contributed by atoms with van der Waals surface area (Å²) in [6, 6.07) is 10.4. The topological polar surface area (TPSA) is 191 Å². The van der Waals surface area contributed by atoms with Crippen molar-refractivity contribution in [1.29, 1.82) is 0 Å². The number of aliphatic carboxylic acids is 1. The number of hydrogen-bond donors (Lipinski definition) is 7. The maximum atomic E-state index is 13.3. The van der Waals surface area contributed by atoms with Crippen molar-refractivity contribution >= 4 is 23.7 Å². The molecule has 0 aliphatic heterocycles. The number of carbonyl (C=O) groups is 4. The van der Waals surface area contributed by atoms with E-state index < -0.39 is 54.5 Å². The zero-order chi connectivity index (χ0) is 28.2. The van der Waals surface area contributed by atoms with E-state index in [1.54, 1.807) is 12.1 Å². The van der Waals surface area contributed by atoms with Crippen molar-refractivity contribution in [2.75, 3.05) is 6.61 Å². The van der Waals surface area contributed by atoms with E-state index in [1.165, 1.54) is 12.1 Å². The Morgan fingerprint density at radius 1 is 0.763 bits per heavy atom. The highest BCUT2D eigenvalue weighted by Gasteiger charge is 2.30. The molecule has 0 saturated heterocycles. The smallest absolute Gasteiger partial charge is 0.328 e. The fraction of sp³-hybridized carbons (Fsp3) is 0.407. The lowest BCUT2D eigenvalue weighted by molar-refractivity contribution is -0.143. The molecule has 0 aliphatic carbocycles. The first-order valence-electron chi connectivity index (χ1n) is 12.3. The van der Waals surface area contributed by atoms with Crippen molar-refractivity contribution in [1.82, 2.24) is 16.0 Å². The van der Waals surface area contributed by atoms with Crippen LogP contribution in [0.2, 0.25) is 0 Å². The van der Waals surface area contributed by atoms with Gasteiger partial charge in [-0.2, -0.15) is 0 Å². The minimum atomic E-state index is -1.57. The number of aliphatic hydroxyl groups excluding tert-OH is 1. The maximum absolute atomic E-state index is 13.3. The molecule has 11 heteroatoms. The molecule has 2 aromatic carbocycles. The lowest BCUT2D eigenvalue weighted by Gasteiger charge is -2.26. The van der Waals surface area contributed by atoms with Gasteiger partial charge in [0.25, 0.3) is 0 Å². The number of aromatic hydroxyl groups is 1. The van der Waals surface area contributed by atoms with Gasteiger partial charge in [-0.25, -0.2) is 4.79 Å². The van der Waals surface area contributed by atoms with Crippen molar-refractivity contribution in [2.24, 2.45) is 11.7 Å². The normalized spacial score (nSPS) is 14.1. The van der Waals surface area contributed by atoms with Crippen molar-refractivity contribution in [2.45, 2.75) is 57.3 Å². The SMILES string of the molecule is CC(C)CC(NC(=O)C(N)Cc1ccccc1)C(=O)NC(Cc1ccc(O)cc1)C(=O)NC(CO)C(=O)O. The number of amides is 3. The molecule has 0 spiro atoms. The van der Waals surface area contributed by atoms with E-state index in [-0.39, 0.29) is 30.9 Å². The van der Waals surface area contributed by atoms with Crippen LogP contribution in [-0.4, -0.2) is 69.8 Å². The summed E-state index contributed by atoms with van der Waals surface area (Å²) in [6.07, 6.45) is 0.495. The first kappa shape index (κ1) is 30.3. The Hall–Kier alpha value is -3.96. The molecule has 2 aromatic rings. The number of benzene rings is 2. The summed E-state index contributed by atoms with van der Waals surface area (Å²) in [5, 5.41) is 35.5. The lowest BCUT2D eigenvalue weighted by atomic mass is 10.00. The molecule has 206 valence electrons. The van der Waals surface area contributed by atoms with Gasteiger partial charge in [-0.05, 0) is 42.0 Å². The first-order valence-corrected chi connectivity index (χ1v) is 12.3. The Morgan fingerprint density at radius 2 is 1.29 bits per heavy atom. The quantitative estimate of drug-likeness (QED) is 0.179. The van der Waals surface area contributed by atoms with Gasteiger partial charge in [-0.15, -0.1) is 0 Å². The van der Waals surface area contributed by atoms with Crippen LogP contribution < -0.4 is 21.7 Å². The second-order valence-electron chi connectivity index (χ2n) is 9.50. The van der Waals surface area contributed by atoms with Crippen molar-refractivity contribution in [3.8, 4) is 5.75 Å². The van der Waals surface area contributed by atoms with Crippen LogP contribution in [0.25, 0.3) is 0 Å². The van der Waals surface area contributed by atoms with E-state index in [0.717, 1.165) is 5.56 Å². The van der Waals surface area contributed by atoms with Crippen molar-refractivity contribution in [3.05, 3.63) is 65.7 Å². The number of nitrogens with one attached hydrogen (secondary N) is 3. The summed E-state index contributed by atoms with van der Waals surface area (Å²) >= 11 is 0. The second kappa shape index (κ2) is 14.7. The summed E-state index contributed by atoms with van der Waals surface area (Å²) in [5.74, 6) is -3.42. The van der Waals surface area contributed by atoms with Gasteiger partial charge in [-0.3, -0.25) is 14.4 Å². The standard InChI is InChI=1S/C27H36N4O7/c1-16(2)12-21(29-24(34)20(28)13-17-6-4-3-5-7-17)25(35)30-22(14-18-8-10-19(33)11-9-18)26(36)31-23(15-32)27(37)38/h3-11,16,20-23,32-33H,12-15,28H2,1-2H3,(H,29,34)(H,30,35)(H,31,36)(H,37,38). The number of hydrogen-bond acceptors (Lipinski definition) is 7. The first-order chi connectivity index (χ1) is 18.0. The number of carboxylic acids is 1. The Labute approximate surface area is 221 Å². The molecule has 0 fully saturated rings. The van der Waals surface area contributed by atoms with E-state index in [2.05, 4.69) is 16.0 Å². The van der Waals surface area contributed by atoms with E-state index in [9.17, 15) is 34.5 Å². The molecule has 4 atom stereocenters. The number of carbonyl (C=O) groups excluding carboxylic acids is 3. The minimum absolute atomic E-state index is 0.00607. The molecule has 11 nitrogen and oxygen atoms in total. The van der Waals surface area contributed by atoms with Gasteiger partial charge in [-0.1, -0.05) is 56.3 Å². The van der Waals surface area contributed by atoms with Crippen LogP contribution in [0.4, 0.5) is 0 Å². The highest BCUT2D eigenvalue weighted by atomic mass is 16.4. The third-order valence-corrected chi connectivity index (χ3v) is 5.78. The molecule has 0 radical (unpaired) electrons. The number of phenolic OH excluding ortho intramolecular Hbond substituents is 1. The van der Waals surface area contributed by atoms with Crippen LogP contribution in [0.15, 0.2) is 54.6 Å². The third kappa shape index (κ3) is 9.83. The minimum Gasteiger partial charge on any atom is -0.508 e. The molecule has 2 rings (SSSR count). The molecule has 0 aliphatic rings. The fourth-order valence-electron chi connectivity index (χ4n) is 3.75. The third-order valence-electron chi connectivity index (χ3n) is 5.78. The van der Waals surface area contributed by atoms with Gasteiger partial charge in [0.1, 0.15) is 23.9 Å². The number of phenols is 1. The average Bonchev–Trinajstić information content (AvgIpc) is 2.87. The number of nitrogens with two attached hydrogens (primary N) is 1. The number of aliphatic hydroxyl groups is 1. The van der Waals surface area contributed by atoms with E-state index >= 15 is 0 Å². The van der Waals surface area contributed by atoms with Crippen LogP contribution >= 0.6 is 0 Å². The average molecular weight is 529 g/mol. The van der Waals surface area contributed by atoms with Crippen molar-refractivity contribution in [3.63, 3.8) is 0 Å². The molecule has 0 bridgehead atoms. The summed E-state index contributed by atoms with van der Waals surface area (Å²) in [4.78, 5) is 50.4. The Bertz CT molecular complexity index is 1080. The van der Waals surface area contributed by atoms with Gasteiger partial charge in [0, 0.05) is 6.42 Å². The molecule has 3 amide bonds. The molecular weight excluding hydrogens is 492 g/mol. The van der Waals surface area contributed by atoms with Gasteiger partial charge in [0.05, 0.1) is 12.6 Å². The van der Waals surface area contributed by atoms with E-state index in [4.69, 9.17) is 5.73 Å². The Kier molecular flexibility index (Phi) is 11.7. The Balaban J connectivity index is 2.19. The van der Waals surface area contributed by atoms with Gasteiger partial charge < -0.3 is 37.0 Å². The molecule has 8 N–H and O–H groups in total. The molecular formula is C27H36N4O7. The van der Waals surface area contributed by atoms with Gasteiger partial charge >= 0.3 is 5.97 Å². The molecule has 38 heavy (non-hydrogen) atoms. The zero-order valence-electron chi connectivity index (χ0n) is 21.5. The zero-order valence-corrected chi connectivity index (χ0v) is 21.5. The van der Waals surface area contributed by atoms with E-state index in [1.807, 2.05) is 44.2 Å². The summed E-state index contributed by atoms with van der Waals surface area (Å²) in [5.41, 5.74) is 7.52. The lowest BCUT2D eigenvalue weighted by Crippen LogP contribution is -2.58. The maximum Gasteiger partial charge on any atom is 0.328 e. The molecule has 4 unspecified atom stereocenters. The summed E-state index contributed by atoms with van der Waals surface area (Å²) < 4.78 is 0. The largest absolute Gasteiger partial charge is 0.508 e. The van der Waals surface area contributed by atoms with Crippen molar-refractivity contribution < 1.29 is 34.5 Å². The molecule has 0 saturated carbocycles.